The van der Waals surface area contributed by atoms with Crippen molar-refractivity contribution in [2.75, 3.05) is 5.75 Å². The van der Waals surface area contributed by atoms with Gasteiger partial charge in [0.1, 0.15) is 0 Å². The Hall–Kier alpha value is 0.110. The van der Waals surface area contributed by atoms with E-state index in [4.69, 9.17) is 4.55 Å². The molecule has 0 radical (unpaired) electrons. The molecule has 0 amide bonds. The van der Waals surface area contributed by atoms with Crippen LogP contribution in [0.15, 0.2) is 0 Å². The lowest BCUT2D eigenvalue weighted by molar-refractivity contribution is 0.373. The smallest absolute Gasteiger partial charge is 0.152 e. The van der Waals surface area contributed by atoms with E-state index in [-0.39, 0.29) is 0 Å². The Labute approximate surface area is 65.3 Å². The van der Waals surface area contributed by atoms with Crippen molar-refractivity contribution in [3.8, 4) is 0 Å². The third kappa shape index (κ3) is 8.11. The second-order valence-electron chi connectivity index (χ2n) is 3.69. The van der Waals surface area contributed by atoms with Gasteiger partial charge in [-0.2, -0.15) is 0 Å². The molecule has 10 heavy (non-hydrogen) atoms. The normalized spacial score (nSPS) is 15.2. The van der Waals surface area contributed by atoms with E-state index in [1.54, 1.807) is 0 Å². The van der Waals surface area contributed by atoms with E-state index >= 15 is 0 Å². The monoisotopic (exact) mass is 164 g/mol. The van der Waals surface area contributed by atoms with Crippen LogP contribution < -0.4 is 0 Å². The molecule has 0 rings (SSSR count). The summed E-state index contributed by atoms with van der Waals surface area (Å²) in [6, 6.07) is 0. The minimum absolute atomic E-state index is 0.291. The molecule has 0 aliphatic heterocycles. The van der Waals surface area contributed by atoms with E-state index in [0.717, 1.165) is 12.8 Å². The average Bonchev–Trinajstić information content (AvgIpc) is 1.59. The van der Waals surface area contributed by atoms with Crippen LogP contribution in [0.4, 0.5) is 0 Å². The first-order chi connectivity index (χ1) is 4.42. The quantitative estimate of drug-likeness (QED) is 0.648. The molecule has 0 bridgehead atoms. The summed E-state index contributed by atoms with van der Waals surface area (Å²) in [4.78, 5) is 0. The summed E-state index contributed by atoms with van der Waals surface area (Å²) in [5.74, 6) is 0.414. The first-order valence-corrected chi connectivity index (χ1v) is 4.77. The molecule has 0 spiro atoms. The average molecular weight is 164 g/mol. The Morgan fingerprint density at radius 3 is 2.20 bits per heavy atom. The van der Waals surface area contributed by atoms with Gasteiger partial charge in [-0.15, -0.1) is 0 Å². The fourth-order valence-corrected chi connectivity index (χ4v) is 1.12. The van der Waals surface area contributed by atoms with Gasteiger partial charge in [-0.3, -0.25) is 0 Å². The summed E-state index contributed by atoms with van der Waals surface area (Å²) in [5, 5.41) is 0. The third-order valence-electron chi connectivity index (χ3n) is 1.25. The molecule has 0 aromatic heterocycles. The lowest BCUT2D eigenvalue weighted by Crippen LogP contribution is -2.07. The maximum Gasteiger partial charge on any atom is 0.152 e. The molecule has 0 saturated carbocycles. The van der Waals surface area contributed by atoms with Crippen molar-refractivity contribution in [3.05, 3.63) is 0 Å². The van der Waals surface area contributed by atoms with E-state index in [0.29, 0.717) is 11.2 Å². The Kier molecular flexibility index (Phi) is 4.13. The maximum atomic E-state index is 10.2. The molecule has 0 aromatic carbocycles. The highest BCUT2D eigenvalue weighted by Crippen LogP contribution is 2.20. The van der Waals surface area contributed by atoms with Crippen molar-refractivity contribution in [2.24, 2.45) is 5.41 Å². The van der Waals surface area contributed by atoms with Crippen LogP contribution in [0.3, 0.4) is 0 Å². The predicted octanol–water partition coefficient (Wildman–Crippen LogP) is 2.03. The van der Waals surface area contributed by atoms with Crippen LogP contribution in [0.1, 0.15) is 33.6 Å². The molecule has 1 N–H and O–H groups in total. The minimum Gasteiger partial charge on any atom is -0.306 e. The summed E-state index contributed by atoms with van der Waals surface area (Å²) in [7, 11) is 0. The Balaban J connectivity index is 3.29. The van der Waals surface area contributed by atoms with Gasteiger partial charge in [0.25, 0.3) is 0 Å². The molecule has 0 heterocycles. The molecule has 1 atom stereocenters. The first kappa shape index (κ1) is 10.1. The van der Waals surface area contributed by atoms with Gasteiger partial charge in [0.2, 0.25) is 0 Å². The highest BCUT2D eigenvalue weighted by molar-refractivity contribution is 7.79. The van der Waals surface area contributed by atoms with Crippen LogP contribution >= 0.6 is 0 Å². The van der Waals surface area contributed by atoms with Crippen molar-refractivity contribution in [2.45, 2.75) is 33.6 Å². The summed E-state index contributed by atoms with van der Waals surface area (Å²) >= 11 is -1.60. The zero-order valence-electron chi connectivity index (χ0n) is 6.89. The molecule has 0 fully saturated rings. The topological polar surface area (TPSA) is 37.3 Å². The largest absolute Gasteiger partial charge is 0.306 e. The van der Waals surface area contributed by atoms with Crippen LogP contribution in [-0.2, 0) is 11.1 Å². The predicted molar refractivity (Wildman–Crippen MR) is 44.3 cm³/mol. The standard InChI is InChI=1S/C7H16O2S/c1-7(2,3)5-4-6-10(8)9/h4-6H2,1-3H3,(H,8,9). The lowest BCUT2D eigenvalue weighted by Gasteiger charge is -2.16. The molecular formula is C7H16O2S. The molecule has 0 saturated heterocycles. The zero-order valence-corrected chi connectivity index (χ0v) is 7.70. The minimum atomic E-state index is -1.60. The molecule has 62 valence electrons. The number of hydrogen-bond donors (Lipinski definition) is 1. The van der Waals surface area contributed by atoms with Gasteiger partial charge in [-0.25, -0.2) is 4.21 Å². The molecule has 3 heteroatoms. The zero-order chi connectivity index (χ0) is 8.20. The summed E-state index contributed by atoms with van der Waals surface area (Å²) in [5.41, 5.74) is 0.291. The first-order valence-electron chi connectivity index (χ1n) is 3.49. The van der Waals surface area contributed by atoms with Gasteiger partial charge in [-0.1, -0.05) is 20.8 Å². The van der Waals surface area contributed by atoms with Crippen LogP contribution in [0.5, 0.6) is 0 Å². The third-order valence-corrected chi connectivity index (χ3v) is 1.88. The molecular weight excluding hydrogens is 148 g/mol. The fourth-order valence-electron chi connectivity index (χ4n) is 0.726. The number of hydrogen-bond acceptors (Lipinski definition) is 1. The summed E-state index contributed by atoms with van der Waals surface area (Å²) in [6.07, 6.45) is 1.85. The van der Waals surface area contributed by atoms with Gasteiger partial charge >= 0.3 is 0 Å². The van der Waals surface area contributed by atoms with Crippen molar-refractivity contribution < 1.29 is 8.76 Å². The van der Waals surface area contributed by atoms with Crippen molar-refractivity contribution in [1.29, 1.82) is 0 Å². The second-order valence-corrected chi connectivity index (χ2v) is 4.74. The highest BCUT2D eigenvalue weighted by Gasteiger charge is 2.09. The van der Waals surface area contributed by atoms with Gasteiger partial charge in [0.15, 0.2) is 11.1 Å². The van der Waals surface area contributed by atoms with E-state index in [9.17, 15) is 4.21 Å². The van der Waals surface area contributed by atoms with Crippen molar-refractivity contribution >= 4 is 11.1 Å². The van der Waals surface area contributed by atoms with E-state index in [2.05, 4.69) is 20.8 Å². The molecule has 0 aliphatic rings. The highest BCUT2D eigenvalue weighted by atomic mass is 32.2. The van der Waals surface area contributed by atoms with Crippen LogP contribution in [0, 0.1) is 5.41 Å². The van der Waals surface area contributed by atoms with Crippen molar-refractivity contribution in [3.63, 3.8) is 0 Å². The molecule has 2 nitrogen and oxygen atoms in total. The van der Waals surface area contributed by atoms with Gasteiger partial charge in [0.05, 0.1) is 0 Å². The summed E-state index contributed by atoms with van der Waals surface area (Å²) in [6.45, 7) is 6.40. The van der Waals surface area contributed by atoms with Crippen molar-refractivity contribution in [1.82, 2.24) is 0 Å². The van der Waals surface area contributed by atoms with Crippen LogP contribution in [0.2, 0.25) is 0 Å². The maximum absolute atomic E-state index is 10.2. The second kappa shape index (κ2) is 4.09. The van der Waals surface area contributed by atoms with Crippen LogP contribution in [0.25, 0.3) is 0 Å². The number of rotatable bonds is 3. The van der Waals surface area contributed by atoms with Gasteiger partial charge in [0, 0.05) is 5.75 Å². The summed E-state index contributed by atoms with van der Waals surface area (Å²) < 4.78 is 18.6. The van der Waals surface area contributed by atoms with E-state index in [1.165, 1.54) is 0 Å². The van der Waals surface area contributed by atoms with Gasteiger partial charge < -0.3 is 4.55 Å². The van der Waals surface area contributed by atoms with E-state index < -0.39 is 11.1 Å². The fraction of sp³-hybridized carbons (Fsp3) is 1.00. The Bertz CT molecular complexity index is 115. The Morgan fingerprint density at radius 2 is 1.90 bits per heavy atom. The SMILES string of the molecule is CC(C)(C)CCCS(=O)O. The van der Waals surface area contributed by atoms with E-state index in [1.807, 2.05) is 0 Å². The van der Waals surface area contributed by atoms with Crippen LogP contribution in [-0.4, -0.2) is 14.5 Å². The van der Waals surface area contributed by atoms with Gasteiger partial charge in [-0.05, 0) is 18.3 Å². The Morgan fingerprint density at radius 1 is 1.40 bits per heavy atom. The molecule has 0 aliphatic carbocycles. The lowest BCUT2D eigenvalue weighted by atomic mass is 9.91. The molecule has 0 aromatic rings. The molecule has 1 unspecified atom stereocenters.